The Balaban J connectivity index is 1.62. The van der Waals surface area contributed by atoms with Crippen molar-refractivity contribution in [3.63, 3.8) is 0 Å². The molecule has 160 valence electrons. The maximum absolute atomic E-state index is 13.4. The highest BCUT2D eigenvalue weighted by Crippen LogP contribution is 2.33. The molecule has 1 aromatic heterocycles. The summed E-state index contributed by atoms with van der Waals surface area (Å²) in [4.78, 5) is 14.6. The zero-order chi connectivity index (χ0) is 21.8. The SMILES string of the molecule is O=[N+]([O-])c1ccc(S(=O)(=O)N(CCc2ccccn2)Cc2ccc3c(c2)OCO3)cc1. The molecule has 10 heteroatoms. The lowest BCUT2D eigenvalue weighted by molar-refractivity contribution is -0.384. The van der Waals surface area contributed by atoms with E-state index in [9.17, 15) is 18.5 Å². The first-order valence-corrected chi connectivity index (χ1v) is 10.9. The van der Waals surface area contributed by atoms with Crippen molar-refractivity contribution in [3.8, 4) is 11.5 Å². The molecule has 2 heterocycles. The van der Waals surface area contributed by atoms with E-state index in [1.54, 1.807) is 30.5 Å². The summed E-state index contributed by atoms with van der Waals surface area (Å²) in [5.41, 5.74) is 1.32. The van der Waals surface area contributed by atoms with Gasteiger partial charge in [-0.15, -0.1) is 0 Å². The van der Waals surface area contributed by atoms with Gasteiger partial charge in [0.25, 0.3) is 5.69 Å². The second-order valence-electron chi connectivity index (χ2n) is 6.85. The fourth-order valence-electron chi connectivity index (χ4n) is 3.20. The summed E-state index contributed by atoms with van der Waals surface area (Å²) in [5.74, 6) is 1.18. The third kappa shape index (κ3) is 4.65. The number of nitrogens with zero attached hydrogens (tertiary/aromatic N) is 3. The van der Waals surface area contributed by atoms with E-state index in [1.807, 2.05) is 12.1 Å². The molecule has 3 aromatic rings. The summed E-state index contributed by atoms with van der Waals surface area (Å²) in [6.07, 6.45) is 2.07. The largest absolute Gasteiger partial charge is 0.454 e. The van der Waals surface area contributed by atoms with E-state index in [-0.39, 0.29) is 30.5 Å². The number of benzene rings is 2. The average Bonchev–Trinajstić information content (AvgIpc) is 3.25. The molecule has 0 fully saturated rings. The highest BCUT2D eigenvalue weighted by Gasteiger charge is 2.26. The maximum Gasteiger partial charge on any atom is 0.269 e. The first-order valence-electron chi connectivity index (χ1n) is 9.46. The molecule has 1 aliphatic heterocycles. The smallest absolute Gasteiger partial charge is 0.269 e. The van der Waals surface area contributed by atoms with Gasteiger partial charge in [0.15, 0.2) is 11.5 Å². The molecule has 1 aliphatic rings. The van der Waals surface area contributed by atoms with Crippen LogP contribution < -0.4 is 9.47 Å². The number of non-ortho nitro benzene ring substituents is 1. The normalized spacial score (nSPS) is 12.8. The standard InChI is InChI=1S/C21H19N3O6S/c25-24(26)18-5-7-19(8-6-18)31(27,28)23(12-10-17-3-1-2-11-22-17)14-16-4-9-20-21(13-16)30-15-29-20/h1-9,11,13H,10,12,14-15H2. The van der Waals surface area contributed by atoms with E-state index in [0.717, 1.165) is 11.3 Å². The van der Waals surface area contributed by atoms with Gasteiger partial charge in [0.1, 0.15) is 0 Å². The van der Waals surface area contributed by atoms with Crippen LogP contribution in [0.2, 0.25) is 0 Å². The van der Waals surface area contributed by atoms with Gasteiger partial charge in [-0.3, -0.25) is 15.1 Å². The van der Waals surface area contributed by atoms with Crippen molar-refractivity contribution < 1.29 is 22.8 Å². The molecular weight excluding hydrogens is 422 g/mol. The number of nitro groups is 1. The summed E-state index contributed by atoms with van der Waals surface area (Å²) in [6, 6.07) is 15.6. The van der Waals surface area contributed by atoms with Crippen LogP contribution in [0, 0.1) is 10.1 Å². The van der Waals surface area contributed by atoms with Crippen molar-refractivity contribution in [3.05, 3.63) is 88.2 Å². The lowest BCUT2D eigenvalue weighted by Gasteiger charge is -2.22. The van der Waals surface area contributed by atoms with Crippen molar-refractivity contribution in [2.45, 2.75) is 17.9 Å². The van der Waals surface area contributed by atoms with E-state index in [0.29, 0.717) is 17.9 Å². The van der Waals surface area contributed by atoms with Gasteiger partial charge in [0.05, 0.1) is 9.82 Å². The predicted octanol–water partition coefficient (Wildman–Crippen LogP) is 3.15. The Labute approximate surface area is 179 Å². The second-order valence-corrected chi connectivity index (χ2v) is 8.79. The minimum Gasteiger partial charge on any atom is -0.454 e. The molecule has 0 spiro atoms. The Kier molecular flexibility index (Phi) is 5.83. The van der Waals surface area contributed by atoms with Crippen LogP contribution in [0.5, 0.6) is 11.5 Å². The van der Waals surface area contributed by atoms with E-state index >= 15 is 0 Å². The van der Waals surface area contributed by atoms with Gasteiger partial charge < -0.3 is 9.47 Å². The van der Waals surface area contributed by atoms with Gasteiger partial charge >= 0.3 is 0 Å². The van der Waals surface area contributed by atoms with Gasteiger partial charge in [0.2, 0.25) is 16.8 Å². The summed E-state index contributed by atoms with van der Waals surface area (Å²) in [7, 11) is -3.92. The van der Waals surface area contributed by atoms with E-state index in [1.165, 1.54) is 28.6 Å². The molecule has 0 saturated carbocycles. The number of rotatable bonds is 8. The third-order valence-corrected chi connectivity index (χ3v) is 6.68. The molecule has 0 N–H and O–H groups in total. The van der Waals surface area contributed by atoms with Crippen LogP contribution in [0.4, 0.5) is 5.69 Å². The van der Waals surface area contributed by atoms with Crippen LogP contribution in [0.3, 0.4) is 0 Å². The molecule has 0 amide bonds. The highest BCUT2D eigenvalue weighted by atomic mass is 32.2. The van der Waals surface area contributed by atoms with Crippen LogP contribution in [0.25, 0.3) is 0 Å². The minimum absolute atomic E-state index is 0.0140. The highest BCUT2D eigenvalue weighted by molar-refractivity contribution is 7.89. The minimum atomic E-state index is -3.92. The van der Waals surface area contributed by atoms with Gasteiger partial charge in [-0.05, 0) is 42.0 Å². The van der Waals surface area contributed by atoms with Crippen LogP contribution in [0.15, 0.2) is 71.8 Å². The van der Waals surface area contributed by atoms with E-state index in [4.69, 9.17) is 9.47 Å². The molecule has 31 heavy (non-hydrogen) atoms. The Morgan fingerprint density at radius 3 is 2.52 bits per heavy atom. The Bertz CT molecular complexity index is 1180. The number of aromatic nitrogens is 1. The Morgan fingerprint density at radius 2 is 1.81 bits per heavy atom. The van der Waals surface area contributed by atoms with Crippen molar-refractivity contribution >= 4 is 15.7 Å². The van der Waals surface area contributed by atoms with Crippen molar-refractivity contribution in [1.29, 1.82) is 0 Å². The average molecular weight is 441 g/mol. The van der Waals surface area contributed by atoms with E-state index < -0.39 is 14.9 Å². The summed E-state index contributed by atoms with van der Waals surface area (Å²) < 4.78 is 38.7. The first-order chi connectivity index (χ1) is 14.9. The number of ether oxygens (including phenoxy) is 2. The molecule has 0 atom stereocenters. The number of hydrogen-bond acceptors (Lipinski definition) is 7. The topological polar surface area (TPSA) is 112 Å². The Morgan fingerprint density at radius 1 is 1.03 bits per heavy atom. The molecule has 0 radical (unpaired) electrons. The molecule has 0 aliphatic carbocycles. The van der Waals surface area contributed by atoms with Crippen LogP contribution in [-0.2, 0) is 23.0 Å². The van der Waals surface area contributed by atoms with E-state index in [2.05, 4.69) is 4.98 Å². The quantitative estimate of drug-likeness (QED) is 0.390. The van der Waals surface area contributed by atoms with Crippen LogP contribution in [0.1, 0.15) is 11.3 Å². The lowest BCUT2D eigenvalue weighted by atomic mass is 10.2. The number of fused-ring (bicyclic) bond motifs is 1. The first kappa shape index (κ1) is 20.8. The summed E-state index contributed by atoms with van der Waals surface area (Å²) in [6.45, 7) is 0.414. The van der Waals surface area contributed by atoms with Gasteiger partial charge in [-0.1, -0.05) is 12.1 Å². The third-order valence-electron chi connectivity index (χ3n) is 4.82. The molecular formula is C21H19N3O6S. The predicted molar refractivity (Wildman–Crippen MR) is 111 cm³/mol. The number of nitro benzene ring substituents is 1. The maximum atomic E-state index is 13.4. The zero-order valence-corrected chi connectivity index (χ0v) is 17.2. The summed E-state index contributed by atoms with van der Waals surface area (Å²) >= 11 is 0. The Hall–Kier alpha value is -3.50. The zero-order valence-electron chi connectivity index (χ0n) is 16.4. The summed E-state index contributed by atoms with van der Waals surface area (Å²) in [5, 5.41) is 10.9. The van der Waals surface area contributed by atoms with Crippen molar-refractivity contribution in [1.82, 2.24) is 9.29 Å². The molecule has 0 bridgehead atoms. The molecule has 2 aromatic carbocycles. The number of hydrogen-bond donors (Lipinski definition) is 0. The molecule has 0 unspecified atom stereocenters. The molecule has 4 rings (SSSR count). The monoisotopic (exact) mass is 441 g/mol. The van der Waals surface area contributed by atoms with Gasteiger partial charge in [0, 0.05) is 43.5 Å². The van der Waals surface area contributed by atoms with Crippen LogP contribution >= 0.6 is 0 Å². The van der Waals surface area contributed by atoms with Gasteiger partial charge in [-0.2, -0.15) is 4.31 Å². The van der Waals surface area contributed by atoms with Gasteiger partial charge in [-0.25, -0.2) is 8.42 Å². The van der Waals surface area contributed by atoms with Crippen molar-refractivity contribution in [2.24, 2.45) is 0 Å². The number of sulfonamides is 1. The number of pyridine rings is 1. The van der Waals surface area contributed by atoms with Crippen LogP contribution in [-0.4, -0.2) is 36.0 Å². The lowest BCUT2D eigenvalue weighted by Crippen LogP contribution is -2.32. The van der Waals surface area contributed by atoms with Crippen molar-refractivity contribution in [2.75, 3.05) is 13.3 Å². The fourth-order valence-corrected chi connectivity index (χ4v) is 4.63. The molecule has 9 nitrogen and oxygen atoms in total. The fraction of sp³-hybridized carbons (Fsp3) is 0.190. The second kappa shape index (κ2) is 8.70. The molecule has 0 saturated heterocycles.